The minimum atomic E-state index is -3.02. The molecule has 13 aliphatic heterocycles. The van der Waals surface area contributed by atoms with Gasteiger partial charge in [-0.2, -0.15) is 0 Å². The number of nitrogens with zero attached hydrogens (tertiary/aromatic N) is 7. The first-order valence-electron chi connectivity index (χ1n) is 43.0. The molecule has 134 heavy (non-hydrogen) atoms. The summed E-state index contributed by atoms with van der Waals surface area (Å²) in [7, 11) is -3.02. The molecule has 0 bridgehead atoms. The molecule has 12 atom stereocenters. The predicted octanol–water partition coefficient (Wildman–Crippen LogP) is 6.25. The SMILES string of the molecule is C=CC(=O)CC1CS(=O)(=O)CC1Cl.C=CC(=O)CCC1SCCN1CCCC.C=CC(=O)CCN1CCOCC1.C=CC(=O)CN1C(=O)CSC1=S.C=CC(=O)N1CC(C)OC(C)C1.C=CC(=O)N1CCOC1.C=CC(=O)N1CCOCC1.C=CC(=O)N1CCSC1.C=CC(=O)OC1C(=O)OC2C3OC(C)(C)OC3OC12.C=CC(=O)OC1CCOC1=O.C=CC(=O)OCC1COC(=O)O1. The van der Waals surface area contributed by atoms with Crippen molar-refractivity contribution in [1.82, 2.24) is 34.3 Å². The number of ketones is 4. The van der Waals surface area contributed by atoms with Gasteiger partial charge in [0.25, 0.3) is 0 Å². The van der Waals surface area contributed by atoms with Crippen molar-refractivity contribution >= 4 is 162 Å². The number of sulfone groups is 1. The van der Waals surface area contributed by atoms with Gasteiger partial charge in [0, 0.05) is 121 Å². The van der Waals surface area contributed by atoms with E-state index in [9.17, 15) is 80.3 Å². The third-order valence-corrected chi connectivity index (χ3v) is 26.1. The Morgan fingerprint density at radius 1 is 0.575 bits per heavy atom. The summed E-state index contributed by atoms with van der Waals surface area (Å²) in [5.74, 6) is -0.600. The van der Waals surface area contributed by atoms with E-state index in [2.05, 4.69) is 113 Å². The molecule has 38 nitrogen and oxygen atoms in total. The van der Waals surface area contributed by atoms with E-state index in [0.717, 1.165) is 75.7 Å². The molecule has 0 aromatic rings. The van der Waals surface area contributed by atoms with E-state index in [1.807, 2.05) is 25.6 Å². The molecule has 0 aromatic heterocycles. The number of fused-ring (bicyclic) bond motifs is 3. The molecule has 13 saturated heterocycles. The standard InChI is InChI=1S/C12H21NOS.C12H14O7.2C9H15NO2.C8H11ClO3S.C7H7NO2S2.C7H11NO2.C7H8O5.C7H8O4.C6H9NO2.C6H9NOS/c1-3-5-8-13-9-10-15-12(13)7-6-11(14)4-2;1-4-5(13)15-8-6-7(16-10(8)14)9-11(17-6)19-12(2,3)18-9;1-4-9(11)10-5-7(2)12-8(3)6-10;1-2-9(11)3-4-10-5-7-12-8-6-10;1-2-7(10)3-6-4-13(11,12)5-8(6)9;1-2-5(9)3-8-6(10)4-12-7(8)11;1-2-7(9)8-3-5-10-6-4-8;1-2-6(8)10-3-5-4-11-7(9)12-5;1-2-6(8)11-5-3-4-10-7(5)9;2*1-2-6(8)7-3-4-9-5-7/h4,12H,2-3,5-10H2,1H3;4,6-9,11H,1H2,2-3H3;4,7-8H,1,5-6H2,2-3H3;2H,1,3-8H2;2,6,8H,1,3-5H2;2H,1,3-4H2;2H,1,3-6H2;2,5H,1,3-4H2;2,5H,1,3-4H2;2*2H,1,3-5H2. The van der Waals surface area contributed by atoms with E-state index in [0.29, 0.717) is 101 Å². The number of unbranched alkanes of at least 4 members (excludes halogenated alkanes) is 1. The minimum absolute atomic E-state index is 0.00278. The van der Waals surface area contributed by atoms with Crippen LogP contribution in [0.25, 0.3) is 0 Å². The molecular weight excluding hydrogens is 1870 g/mol. The highest BCUT2D eigenvalue weighted by Gasteiger charge is 2.64. The zero-order chi connectivity index (χ0) is 100. The number of halogens is 1. The average molecular weight is 2000 g/mol. The Hall–Kier alpha value is -9.19. The summed E-state index contributed by atoms with van der Waals surface area (Å²) in [6.07, 6.45) is 13.8. The van der Waals surface area contributed by atoms with Crippen molar-refractivity contribution in [2.24, 2.45) is 5.92 Å². The number of morpholine rings is 3. The van der Waals surface area contributed by atoms with Gasteiger partial charge < -0.3 is 85.9 Å². The van der Waals surface area contributed by atoms with E-state index in [4.69, 9.17) is 66.5 Å². The lowest BCUT2D eigenvalue weighted by atomic mass is 10.0. The van der Waals surface area contributed by atoms with E-state index in [1.165, 1.54) is 97.0 Å². The van der Waals surface area contributed by atoms with Crippen LogP contribution in [0, 0.1) is 5.92 Å². The zero-order valence-electron chi connectivity index (χ0n) is 76.8. The van der Waals surface area contributed by atoms with Crippen LogP contribution in [-0.2, 0) is 143 Å². The Kier molecular flexibility index (Phi) is 57.5. The number of ether oxygens (including phenoxy) is 14. The number of hydrogen-bond acceptors (Lipinski definition) is 37. The van der Waals surface area contributed by atoms with Crippen molar-refractivity contribution in [2.45, 2.75) is 151 Å². The Morgan fingerprint density at radius 2 is 1.14 bits per heavy atom. The monoisotopic (exact) mass is 2000 g/mol. The number of hydrogen-bond donors (Lipinski definition) is 0. The molecule has 12 unspecified atom stereocenters. The van der Waals surface area contributed by atoms with Gasteiger partial charge in [0.2, 0.25) is 41.7 Å². The number of carbonyl (C=O) groups is 15. The largest absolute Gasteiger partial charge is 0.508 e. The summed E-state index contributed by atoms with van der Waals surface area (Å²) in [5, 5.41) is 0.148. The first-order valence-corrected chi connectivity index (χ1v) is 48.9. The molecule has 0 saturated carbocycles. The maximum atomic E-state index is 11.7. The second kappa shape index (κ2) is 64.8. The summed E-state index contributed by atoms with van der Waals surface area (Å²) in [5.41, 5.74) is 0. The maximum Gasteiger partial charge on any atom is 0.508 e. The van der Waals surface area contributed by atoms with Crippen molar-refractivity contribution in [3.63, 3.8) is 0 Å². The van der Waals surface area contributed by atoms with Crippen LogP contribution in [0.2, 0.25) is 0 Å². The quantitative estimate of drug-likeness (QED) is 0.0274. The molecule has 0 radical (unpaired) electrons. The first kappa shape index (κ1) is 119. The van der Waals surface area contributed by atoms with Gasteiger partial charge in [0.05, 0.1) is 92.3 Å². The second-order valence-electron chi connectivity index (χ2n) is 30.5. The van der Waals surface area contributed by atoms with Gasteiger partial charge >= 0.3 is 36.0 Å². The molecule has 746 valence electrons. The van der Waals surface area contributed by atoms with E-state index in [-0.39, 0.29) is 108 Å². The van der Waals surface area contributed by atoms with Crippen LogP contribution in [0.3, 0.4) is 0 Å². The van der Waals surface area contributed by atoms with Crippen LogP contribution >= 0.6 is 59.1 Å². The summed E-state index contributed by atoms with van der Waals surface area (Å²) >= 11 is 15.7. The molecule has 13 rings (SSSR count). The summed E-state index contributed by atoms with van der Waals surface area (Å²) in [6, 6.07) is 0. The average Bonchev–Trinajstić information content (AvgIpc) is 1.58. The maximum absolute atomic E-state index is 11.7. The molecule has 44 heteroatoms. The Balaban J connectivity index is 0.000000382. The van der Waals surface area contributed by atoms with E-state index >= 15 is 0 Å². The van der Waals surface area contributed by atoms with Crippen LogP contribution < -0.4 is 0 Å². The fourth-order valence-corrected chi connectivity index (χ4v) is 19.1. The van der Waals surface area contributed by atoms with Gasteiger partial charge in [0.1, 0.15) is 30.4 Å². The highest BCUT2D eigenvalue weighted by atomic mass is 35.5. The minimum Gasteiger partial charge on any atom is -0.463 e. The third kappa shape index (κ3) is 45.6. The molecule has 0 N–H and O–H groups in total. The summed E-state index contributed by atoms with van der Waals surface area (Å²) in [4.78, 5) is 177. The predicted molar refractivity (Wildman–Crippen MR) is 506 cm³/mol. The molecule has 0 aliphatic carbocycles. The normalized spacial score (nSPS) is 24.9. The van der Waals surface area contributed by atoms with Gasteiger partial charge in [0.15, 0.2) is 63.4 Å². The molecule has 0 aromatic carbocycles. The van der Waals surface area contributed by atoms with Gasteiger partial charge in [-0.1, -0.05) is 110 Å². The number of alkyl halides is 1. The number of thioether (sulfide) groups is 3. The molecule has 13 fully saturated rings. The Morgan fingerprint density at radius 3 is 1.65 bits per heavy atom. The summed E-state index contributed by atoms with van der Waals surface area (Å²) < 4.78 is 93.0. The van der Waals surface area contributed by atoms with Gasteiger partial charge in [-0.3, -0.25) is 57.9 Å². The Bertz CT molecular complexity index is 4110. The molecule has 0 spiro atoms. The van der Waals surface area contributed by atoms with Crippen molar-refractivity contribution in [2.75, 3.05) is 173 Å². The fourth-order valence-electron chi connectivity index (χ4n) is 13.0. The van der Waals surface area contributed by atoms with E-state index < -0.39 is 99.9 Å². The number of rotatable bonds is 28. The molecule has 13 heterocycles. The topological polar surface area (TPSA) is 442 Å². The zero-order valence-corrected chi connectivity index (χ0v) is 81.6. The molecule has 5 amide bonds. The first-order chi connectivity index (χ1) is 63.7. The van der Waals surface area contributed by atoms with Crippen LogP contribution in [0.5, 0.6) is 0 Å². The van der Waals surface area contributed by atoms with Crippen molar-refractivity contribution < 1.29 is 147 Å². The number of cyclic esters (lactones) is 3. The lowest BCUT2D eigenvalue weighted by Crippen LogP contribution is -2.47. The number of carbonyl (C=O) groups excluding carboxylic acids is 15. The number of allylic oxidation sites excluding steroid dienone is 3. The number of thiocarbonyl (C=S) groups is 1. The van der Waals surface area contributed by atoms with Gasteiger partial charge in [-0.05, 0) is 102 Å². The van der Waals surface area contributed by atoms with Gasteiger partial charge in [-0.15, -0.1) is 35.1 Å². The van der Waals surface area contributed by atoms with Crippen LogP contribution in [0.4, 0.5) is 4.79 Å². The van der Waals surface area contributed by atoms with Crippen molar-refractivity contribution in [3.8, 4) is 0 Å². The van der Waals surface area contributed by atoms with Gasteiger partial charge in [-0.25, -0.2) is 37.2 Å². The number of esters is 5. The van der Waals surface area contributed by atoms with Crippen LogP contribution in [-0.4, -0.2) is 380 Å². The molecular formula is C90H128ClN7O31S5. The number of amides is 5. The highest BCUT2D eigenvalue weighted by Crippen LogP contribution is 2.43. The fraction of sp³-hybridized carbons (Fsp3) is 0.578. The Labute approximate surface area is 807 Å². The lowest BCUT2D eigenvalue weighted by Gasteiger charge is -2.34. The second-order valence-corrected chi connectivity index (χ2v) is 37.2. The lowest BCUT2D eigenvalue weighted by molar-refractivity contribution is -0.216. The highest BCUT2D eigenvalue weighted by molar-refractivity contribution is 8.24. The molecule has 13 aliphatic rings. The van der Waals surface area contributed by atoms with Crippen LogP contribution in [0.1, 0.15) is 79.6 Å². The van der Waals surface area contributed by atoms with E-state index in [1.54, 1.807) is 45.2 Å². The van der Waals surface area contributed by atoms with Crippen molar-refractivity contribution in [3.05, 3.63) is 139 Å². The smallest absolute Gasteiger partial charge is 0.463 e. The van der Waals surface area contributed by atoms with Crippen molar-refractivity contribution in [1.29, 1.82) is 0 Å². The third-order valence-electron chi connectivity index (χ3n) is 19.9. The van der Waals surface area contributed by atoms with Crippen LogP contribution in [0.15, 0.2) is 139 Å². The summed E-state index contributed by atoms with van der Waals surface area (Å²) in [6.45, 7) is 60.5.